The number of hydrogen-bond acceptors (Lipinski definition) is 8. The molecule has 2 heterocycles. The molecule has 4 aromatic rings. The molecular weight excluding hydrogens is 404 g/mol. The second-order valence-corrected chi connectivity index (χ2v) is 6.61. The summed E-state index contributed by atoms with van der Waals surface area (Å²) in [4.78, 5) is 35.8. The summed E-state index contributed by atoms with van der Waals surface area (Å²) < 4.78 is 20.6. The summed E-state index contributed by atoms with van der Waals surface area (Å²) in [6.07, 6.45) is -0.682. The third kappa shape index (κ3) is 4.55. The van der Waals surface area contributed by atoms with E-state index in [0.29, 0.717) is 27.9 Å². The van der Waals surface area contributed by atoms with Crippen molar-refractivity contribution in [3.8, 4) is 0 Å². The quantitative estimate of drug-likeness (QED) is 0.368. The molecule has 0 unspecified atom stereocenters. The normalized spacial score (nSPS) is 10.9. The Labute approximate surface area is 175 Å². The van der Waals surface area contributed by atoms with E-state index in [1.54, 1.807) is 25.1 Å². The van der Waals surface area contributed by atoms with E-state index in [1.807, 2.05) is 18.2 Å². The molecule has 1 N–H and O–H groups in total. The molecule has 2 aromatic heterocycles. The molecule has 2 aromatic carbocycles. The maximum atomic E-state index is 12.3. The van der Waals surface area contributed by atoms with Crippen LogP contribution >= 0.6 is 0 Å². The number of nitrogens with zero attached hydrogens (tertiary/aromatic N) is 1. The van der Waals surface area contributed by atoms with Crippen molar-refractivity contribution >= 4 is 39.7 Å². The Morgan fingerprint density at radius 1 is 1.03 bits per heavy atom. The highest BCUT2D eigenvalue weighted by molar-refractivity contribution is 5.90. The number of rotatable bonds is 6. The van der Waals surface area contributed by atoms with Gasteiger partial charge in [-0.3, -0.25) is 10.1 Å². The number of fused-ring (bicyclic) bond motifs is 2. The van der Waals surface area contributed by atoms with Crippen LogP contribution in [0.2, 0.25) is 0 Å². The van der Waals surface area contributed by atoms with Gasteiger partial charge in [0.2, 0.25) is 0 Å². The fraction of sp³-hybridized carbons (Fsp3) is 0.182. The topological polar surface area (TPSA) is 121 Å². The van der Waals surface area contributed by atoms with Crippen LogP contribution in [0.25, 0.3) is 21.9 Å². The molecule has 0 fully saturated rings. The first-order chi connectivity index (χ1) is 15.0. The van der Waals surface area contributed by atoms with E-state index in [1.165, 1.54) is 12.1 Å². The molecule has 31 heavy (non-hydrogen) atoms. The van der Waals surface area contributed by atoms with Crippen LogP contribution in [0.15, 0.2) is 62.3 Å². The number of ether oxygens (including phenoxy) is 2. The van der Waals surface area contributed by atoms with Gasteiger partial charge in [-0.25, -0.2) is 9.59 Å². The molecule has 9 nitrogen and oxygen atoms in total. The summed E-state index contributed by atoms with van der Waals surface area (Å²) in [7, 11) is 0. The monoisotopic (exact) mass is 422 g/mol. The van der Waals surface area contributed by atoms with Gasteiger partial charge in [0.15, 0.2) is 5.58 Å². The fourth-order valence-electron chi connectivity index (χ4n) is 3.12. The van der Waals surface area contributed by atoms with Gasteiger partial charge in [0.1, 0.15) is 17.9 Å². The van der Waals surface area contributed by atoms with E-state index in [-0.39, 0.29) is 25.2 Å². The molecule has 0 aliphatic carbocycles. The van der Waals surface area contributed by atoms with Crippen LogP contribution in [0.3, 0.4) is 0 Å². The van der Waals surface area contributed by atoms with Crippen molar-refractivity contribution in [3.63, 3.8) is 0 Å². The smallest absolute Gasteiger partial charge is 0.411 e. The van der Waals surface area contributed by atoms with Gasteiger partial charge in [-0.1, -0.05) is 17.3 Å². The number of para-hydroxylation sites is 1. The van der Waals surface area contributed by atoms with E-state index in [4.69, 9.17) is 18.4 Å². The van der Waals surface area contributed by atoms with Crippen LogP contribution < -0.4 is 10.9 Å². The Bertz CT molecular complexity index is 1320. The highest BCUT2D eigenvalue weighted by Gasteiger charge is 2.15. The van der Waals surface area contributed by atoms with E-state index < -0.39 is 17.7 Å². The number of anilines is 1. The first kappa shape index (κ1) is 20.1. The average molecular weight is 422 g/mol. The predicted octanol–water partition coefficient (Wildman–Crippen LogP) is 3.79. The second-order valence-electron chi connectivity index (χ2n) is 6.61. The zero-order chi connectivity index (χ0) is 21.8. The minimum atomic E-state index is -0.616. The Hall–Kier alpha value is -4.14. The zero-order valence-corrected chi connectivity index (χ0v) is 16.5. The van der Waals surface area contributed by atoms with E-state index in [9.17, 15) is 14.4 Å². The summed E-state index contributed by atoms with van der Waals surface area (Å²) in [5.41, 5.74) is 1.59. The molecular formula is C22H18N2O7. The summed E-state index contributed by atoms with van der Waals surface area (Å²) in [5, 5.41) is 7.77. The van der Waals surface area contributed by atoms with E-state index in [0.717, 1.165) is 5.39 Å². The number of hydrogen-bond donors (Lipinski definition) is 1. The maximum Gasteiger partial charge on any atom is 0.411 e. The van der Waals surface area contributed by atoms with Crippen molar-refractivity contribution in [2.24, 2.45) is 0 Å². The van der Waals surface area contributed by atoms with Gasteiger partial charge in [-0.05, 0) is 31.2 Å². The van der Waals surface area contributed by atoms with E-state index >= 15 is 0 Å². The van der Waals surface area contributed by atoms with Gasteiger partial charge >= 0.3 is 17.7 Å². The first-order valence-corrected chi connectivity index (χ1v) is 9.53. The van der Waals surface area contributed by atoms with Crippen molar-refractivity contribution in [1.82, 2.24) is 5.16 Å². The number of esters is 1. The summed E-state index contributed by atoms with van der Waals surface area (Å²) in [6.45, 7) is 1.80. The largest absolute Gasteiger partial charge is 0.460 e. The molecule has 0 saturated heterocycles. The maximum absolute atomic E-state index is 12.3. The molecule has 0 saturated carbocycles. The SMILES string of the molecule is CCOC(=O)Nc1ccc2c(COC(=O)Cc3noc4ccccc34)cc(=O)oc2c1. The van der Waals surface area contributed by atoms with Crippen molar-refractivity contribution in [2.75, 3.05) is 11.9 Å². The molecule has 158 valence electrons. The number of nitrogens with one attached hydrogen (secondary N) is 1. The van der Waals surface area contributed by atoms with Gasteiger partial charge in [0, 0.05) is 34.2 Å². The van der Waals surface area contributed by atoms with Crippen molar-refractivity contribution in [2.45, 2.75) is 20.0 Å². The van der Waals surface area contributed by atoms with E-state index in [2.05, 4.69) is 10.5 Å². The number of aromatic nitrogens is 1. The van der Waals surface area contributed by atoms with Crippen LogP contribution in [0, 0.1) is 0 Å². The van der Waals surface area contributed by atoms with Crippen molar-refractivity contribution in [1.29, 1.82) is 0 Å². The fourth-order valence-corrected chi connectivity index (χ4v) is 3.12. The summed E-state index contributed by atoms with van der Waals surface area (Å²) >= 11 is 0. The van der Waals surface area contributed by atoms with Crippen LogP contribution in [-0.4, -0.2) is 23.8 Å². The van der Waals surface area contributed by atoms with Crippen LogP contribution in [0.1, 0.15) is 18.2 Å². The lowest BCUT2D eigenvalue weighted by atomic mass is 10.1. The number of benzene rings is 2. The predicted molar refractivity (Wildman–Crippen MR) is 111 cm³/mol. The molecule has 1 amide bonds. The first-order valence-electron chi connectivity index (χ1n) is 9.53. The molecule has 0 atom stereocenters. The van der Waals surface area contributed by atoms with Crippen LogP contribution in [-0.2, 0) is 27.3 Å². The zero-order valence-electron chi connectivity index (χ0n) is 16.5. The second kappa shape index (κ2) is 8.70. The van der Waals surface area contributed by atoms with Gasteiger partial charge in [0.25, 0.3) is 0 Å². The Morgan fingerprint density at radius 3 is 2.71 bits per heavy atom. The molecule has 4 rings (SSSR count). The summed E-state index contributed by atoms with van der Waals surface area (Å²) in [6, 6.07) is 13.3. The highest BCUT2D eigenvalue weighted by Crippen LogP contribution is 2.23. The van der Waals surface area contributed by atoms with Crippen molar-refractivity contribution < 1.29 is 28.0 Å². The van der Waals surface area contributed by atoms with Gasteiger partial charge < -0.3 is 18.4 Å². The molecule has 0 aliphatic heterocycles. The highest BCUT2D eigenvalue weighted by atomic mass is 16.5. The minimum Gasteiger partial charge on any atom is -0.460 e. The standard InChI is InChI=1S/C22H18N2O7/c1-2-28-22(27)23-14-7-8-15-13(9-21(26)30-19(15)10-14)12-29-20(25)11-17-16-5-3-4-6-18(16)31-24-17/h3-10H,2,11-12H2,1H3,(H,23,27). The lowest BCUT2D eigenvalue weighted by Gasteiger charge is -2.09. The molecule has 0 radical (unpaired) electrons. The Balaban J connectivity index is 1.49. The molecule has 9 heteroatoms. The number of amides is 1. The minimum absolute atomic E-state index is 0.0655. The van der Waals surface area contributed by atoms with Gasteiger partial charge in [-0.2, -0.15) is 0 Å². The molecule has 0 aliphatic rings. The third-order valence-electron chi connectivity index (χ3n) is 4.50. The lowest BCUT2D eigenvalue weighted by Crippen LogP contribution is -2.13. The molecule has 0 bridgehead atoms. The summed E-state index contributed by atoms with van der Waals surface area (Å²) in [5.74, 6) is -0.513. The lowest BCUT2D eigenvalue weighted by molar-refractivity contribution is -0.144. The van der Waals surface area contributed by atoms with Crippen LogP contribution in [0.4, 0.5) is 10.5 Å². The molecule has 0 spiro atoms. The number of carbonyl (C=O) groups excluding carboxylic acids is 2. The third-order valence-corrected chi connectivity index (χ3v) is 4.50. The number of carbonyl (C=O) groups is 2. The Kier molecular flexibility index (Phi) is 5.65. The Morgan fingerprint density at radius 2 is 1.87 bits per heavy atom. The van der Waals surface area contributed by atoms with Gasteiger partial charge in [-0.15, -0.1) is 0 Å². The van der Waals surface area contributed by atoms with Crippen LogP contribution in [0.5, 0.6) is 0 Å². The van der Waals surface area contributed by atoms with Gasteiger partial charge in [0.05, 0.1) is 13.0 Å². The van der Waals surface area contributed by atoms with Crippen molar-refractivity contribution in [3.05, 3.63) is 70.2 Å². The average Bonchev–Trinajstić information content (AvgIpc) is 3.14.